The second-order valence-electron chi connectivity index (χ2n) is 9.09. The van der Waals surface area contributed by atoms with Gasteiger partial charge in [0.2, 0.25) is 0 Å². The molecule has 3 atom stereocenters. The Morgan fingerprint density at radius 2 is 1.77 bits per heavy atom. The van der Waals surface area contributed by atoms with Gasteiger partial charge in [-0.3, -0.25) is 0 Å². The summed E-state index contributed by atoms with van der Waals surface area (Å²) in [4.78, 5) is 3.23. The van der Waals surface area contributed by atoms with E-state index in [1.54, 1.807) is 5.57 Å². The van der Waals surface area contributed by atoms with Crippen LogP contribution in [0.1, 0.15) is 69.4 Å². The van der Waals surface area contributed by atoms with Gasteiger partial charge >= 0.3 is 0 Å². The van der Waals surface area contributed by atoms with E-state index in [9.17, 15) is 5.53 Å². The van der Waals surface area contributed by atoms with Crippen LogP contribution in [-0.2, 0) is 0 Å². The van der Waals surface area contributed by atoms with Crippen LogP contribution in [0.15, 0.2) is 77.9 Å². The second kappa shape index (κ2) is 9.58. The number of hydrogen-bond donors (Lipinski definition) is 0. The molecule has 1 saturated carbocycles. The van der Waals surface area contributed by atoms with Crippen LogP contribution in [0.4, 0.5) is 0 Å². The molecule has 0 spiro atoms. The van der Waals surface area contributed by atoms with Crippen LogP contribution in [0.3, 0.4) is 0 Å². The summed E-state index contributed by atoms with van der Waals surface area (Å²) in [5.74, 6) is 0.299. The Kier molecular flexibility index (Phi) is 6.63. The molecule has 1 fully saturated rings. The number of azide groups is 1. The highest BCUT2D eigenvalue weighted by Gasteiger charge is 2.56. The minimum absolute atomic E-state index is 0.0392. The summed E-state index contributed by atoms with van der Waals surface area (Å²) in [5, 5.41) is 4.27. The van der Waals surface area contributed by atoms with E-state index in [0.717, 1.165) is 25.7 Å². The zero-order valence-electron chi connectivity index (χ0n) is 18.6. The van der Waals surface area contributed by atoms with E-state index in [1.807, 2.05) is 0 Å². The summed E-state index contributed by atoms with van der Waals surface area (Å²) in [7, 11) is 0. The molecule has 31 heavy (non-hydrogen) atoms. The molecule has 1 unspecified atom stereocenters. The molecule has 2 aliphatic rings. The first-order valence-electron chi connectivity index (χ1n) is 11.8. The molecule has 0 amide bonds. The van der Waals surface area contributed by atoms with Gasteiger partial charge in [-0.25, -0.2) is 0 Å². The van der Waals surface area contributed by atoms with Crippen LogP contribution in [0, 0.1) is 11.3 Å². The van der Waals surface area contributed by atoms with Gasteiger partial charge < -0.3 is 0 Å². The highest BCUT2D eigenvalue weighted by atomic mass is 15.2. The van der Waals surface area contributed by atoms with Crippen molar-refractivity contribution in [2.75, 3.05) is 0 Å². The van der Waals surface area contributed by atoms with E-state index in [4.69, 9.17) is 0 Å². The summed E-state index contributed by atoms with van der Waals surface area (Å²) in [6, 6.07) is 21.5. The van der Waals surface area contributed by atoms with Crippen molar-refractivity contribution in [3.8, 4) is 0 Å². The minimum atomic E-state index is -0.151. The second-order valence-corrected chi connectivity index (χ2v) is 9.09. The molecule has 4 rings (SSSR count). The first kappa shape index (κ1) is 21.5. The summed E-state index contributed by atoms with van der Waals surface area (Å²) >= 11 is 0. The van der Waals surface area contributed by atoms with E-state index < -0.39 is 0 Å². The zero-order chi connectivity index (χ0) is 21.7. The van der Waals surface area contributed by atoms with E-state index in [1.165, 1.54) is 48.0 Å². The number of unbranched alkanes of at least 4 members (excludes halogenated alkanes) is 3. The molecule has 0 saturated heterocycles. The van der Waals surface area contributed by atoms with Crippen LogP contribution in [0.2, 0.25) is 0 Å². The maximum Gasteiger partial charge on any atom is 0.0417 e. The summed E-state index contributed by atoms with van der Waals surface area (Å²) in [6.07, 6.45) is 9.13. The molecule has 2 aromatic carbocycles. The molecule has 0 bridgehead atoms. The van der Waals surface area contributed by atoms with Crippen molar-refractivity contribution >= 4 is 11.1 Å². The maximum absolute atomic E-state index is 9.26. The fraction of sp³-hybridized carbons (Fsp3) is 0.429. The first-order valence-corrected chi connectivity index (χ1v) is 11.8. The van der Waals surface area contributed by atoms with E-state index in [2.05, 4.69) is 84.2 Å². The van der Waals surface area contributed by atoms with Gasteiger partial charge in [0.25, 0.3) is 0 Å². The van der Waals surface area contributed by atoms with Crippen molar-refractivity contribution in [3.63, 3.8) is 0 Å². The molecule has 2 aromatic rings. The molecular formula is C28H33N3. The quantitative estimate of drug-likeness (QED) is 0.172. The highest BCUT2D eigenvalue weighted by molar-refractivity contribution is 5.90. The first-order chi connectivity index (χ1) is 15.2. The van der Waals surface area contributed by atoms with Gasteiger partial charge in [-0.2, -0.15) is 0 Å². The highest BCUT2D eigenvalue weighted by Crippen LogP contribution is 2.66. The third kappa shape index (κ3) is 3.95. The Bertz CT molecular complexity index is 985. The lowest BCUT2D eigenvalue weighted by Crippen LogP contribution is -2.28. The van der Waals surface area contributed by atoms with E-state index in [-0.39, 0.29) is 11.5 Å². The van der Waals surface area contributed by atoms with Crippen LogP contribution in [0.25, 0.3) is 21.6 Å². The minimum Gasteiger partial charge on any atom is -0.0943 e. The van der Waals surface area contributed by atoms with Gasteiger partial charge in [0, 0.05) is 16.4 Å². The predicted molar refractivity (Wildman–Crippen MR) is 130 cm³/mol. The zero-order valence-corrected chi connectivity index (χ0v) is 18.6. The van der Waals surface area contributed by atoms with Crippen LogP contribution < -0.4 is 0 Å². The fourth-order valence-corrected chi connectivity index (χ4v) is 6.08. The van der Waals surface area contributed by atoms with Gasteiger partial charge in [-0.1, -0.05) is 104 Å². The smallest absolute Gasteiger partial charge is 0.0417 e. The SMILES string of the molecule is C=C(c1ccccc1)[C@@]12CC[C@H](N=[N+]=[N-])C1CC(CCCCCC)=C2c1ccccc1. The van der Waals surface area contributed by atoms with Crippen molar-refractivity contribution < 1.29 is 0 Å². The standard InChI is InChI=1S/C28H33N3/c1-3-4-5-8-17-24-20-25-26(30-31-29)18-19-28(25,21(2)22-13-9-6-10-14-22)27(24)23-15-11-7-12-16-23/h6-7,9-16,25-26H,2-5,8,17-20H2,1H3/t25?,26-,28-/m0/s1. The van der Waals surface area contributed by atoms with Gasteiger partial charge in [0.1, 0.15) is 0 Å². The van der Waals surface area contributed by atoms with Crippen LogP contribution in [0.5, 0.6) is 0 Å². The average Bonchev–Trinajstić information content (AvgIpc) is 3.33. The van der Waals surface area contributed by atoms with E-state index >= 15 is 0 Å². The Balaban J connectivity index is 1.83. The number of hydrogen-bond acceptors (Lipinski definition) is 1. The number of rotatable bonds is 9. The number of allylic oxidation sites excluding steroid dienone is 3. The summed E-state index contributed by atoms with van der Waals surface area (Å²) in [6.45, 7) is 6.95. The van der Waals surface area contributed by atoms with Gasteiger partial charge in [0.15, 0.2) is 0 Å². The average molecular weight is 412 g/mol. The molecular weight excluding hydrogens is 378 g/mol. The molecule has 0 aromatic heterocycles. The molecule has 2 aliphatic carbocycles. The molecule has 3 nitrogen and oxygen atoms in total. The summed E-state index contributed by atoms with van der Waals surface area (Å²) in [5.41, 5.74) is 15.8. The van der Waals surface area contributed by atoms with Crippen LogP contribution >= 0.6 is 0 Å². The number of fused-ring (bicyclic) bond motifs is 1. The molecule has 0 aliphatic heterocycles. The Hall–Kier alpha value is -2.77. The van der Waals surface area contributed by atoms with E-state index in [0.29, 0.717) is 5.92 Å². The Labute approximate surface area is 186 Å². The van der Waals surface area contributed by atoms with Gasteiger partial charge in [-0.05, 0) is 65.8 Å². The van der Waals surface area contributed by atoms with Crippen molar-refractivity contribution in [1.82, 2.24) is 0 Å². The molecule has 0 radical (unpaired) electrons. The third-order valence-electron chi connectivity index (χ3n) is 7.45. The molecule has 0 heterocycles. The summed E-state index contributed by atoms with van der Waals surface area (Å²) < 4.78 is 0. The normalized spacial score (nSPS) is 24.7. The fourth-order valence-electron chi connectivity index (χ4n) is 6.08. The lowest BCUT2D eigenvalue weighted by molar-refractivity contribution is 0.376. The monoisotopic (exact) mass is 411 g/mol. The molecule has 0 N–H and O–H groups in total. The number of benzene rings is 2. The molecule has 3 heteroatoms. The lowest BCUT2D eigenvalue weighted by atomic mass is 9.66. The van der Waals surface area contributed by atoms with Gasteiger partial charge in [0.05, 0.1) is 0 Å². The van der Waals surface area contributed by atoms with Gasteiger partial charge in [-0.15, -0.1) is 0 Å². The van der Waals surface area contributed by atoms with Crippen molar-refractivity contribution in [2.24, 2.45) is 16.4 Å². The lowest BCUT2D eigenvalue weighted by Gasteiger charge is -2.37. The van der Waals surface area contributed by atoms with Crippen LogP contribution in [-0.4, -0.2) is 6.04 Å². The predicted octanol–water partition coefficient (Wildman–Crippen LogP) is 8.60. The van der Waals surface area contributed by atoms with Crippen molar-refractivity contribution in [3.05, 3.63) is 94.4 Å². The van der Waals surface area contributed by atoms with Crippen molar-refractivity contribution in [2.45, 2.75) is 64.3 Å². The van der Waals surface area contributed by atoms with Crippen molar-refractivity contribution in [1.29, 1.82) is 0 Å². The Morgan fingerprint density at radius 1 is 1.06 bits per heavy atom. The largest absolute Gasteiger partial charge is 0.0943 e. The Morgan fingerprint density at radius 3 is 2.45 bits per heavy atom. The molecule has 160 valence electrons. The third-order valence-corrected chi connectivity index (χ3v) is 7.45. The maximum atomic E-state index is 9.26. The number of nitrogens with zero attached hydrogens (tertiary/aromatic N) is 3. The topological polar surface area (TPSA) is 48.8 Å².